The first-order valence-corrected chi connectivity index (χ1v) is 16.8. The van der Waals surface area contributed by atoms with Gasteiger partial charge in [0, 0.05) is 12.5 Å². The second-order valence-corrected chi connectivity index (χ2v) is 18.2. The predicted molar refractivity (Wildman–Crippen MR) is 157 cm³/mol. The molecule has 0 heterocycles. The van der Waals surface area contributed by atoms with Gasteiger partial charge in [0.15, 0.2) is 9.84 Å². The molecule has 0 unspecified atom stereocenters. The maximum Gasteiger partial charge on any atom is 0.261 e. The molecule has 0 aromatic heterocycles. The summed E-state index contributed by atoms with van der Waals surface area (Å²) in [4.78, 5) is 0.380. The molecule has 0 aliphatic heterocycles. The maximum absolute atomic E-state index is 13.4. The SMILES string of the molecule is CC1(C)CCC=C(CS(=O)(=O)c2ccccc2)[C@H]1CO[Si](c1ccccc1)(c1ccccc1)C(C)(C)C. The van der Waals surface area contributed by atoms with Crippen molar-refractivity contribution >= 4 is 28.5 Å². The van der Waals surface area contributed by atoms with E-state index in [1.165, 1.54) is 10.4 Å². The van der Waals surface area contributed by atoms with Crippen molar-refractivity contribution < 1.29 is 12.8 Å². The highest BCUT2D eigenvalue weighted by molar-refractivity contribution is 7.91. The summed E-state index contributed by atoms with van der Waals surface area (Å²) in [5, 5.41) is 2.35. The zero-order valence-corrected chi connectivity index (χ0v) is 24.6. The number of allylic oxidation sites excluding steroid dienone is 1. The van der Waals surface area contributed by atoms with E-state index in [9.17, 15) is 8.42 Å². The zero-order valence-electron chi connectivity index (χ0n) is 22.8. The summed E-state index contributed by atoms with van der Waals surface area (Å²) in [5.41, 5.74) is 0.917. The normalized spacial score (nSPS) is 18.3. The first-order valence-electron chi connectivity index (χ1n) is 13.2. The number of hydrogen-bond acceptors (Lipinski definition) is 3. The van der Waals surface area contributed by atoms with Crippen LogP contribution in [-0.2, 0) is 14.3 Å². The molecule has 37 heavy (non-hydrogen) atoms. The summed E-state index contributed by atoms with van der Waals surface area (Å²) < 4.78 is 34.1. The van der Waals surface area contributed by atoms with Crippen molar-refractivity contribution in [2.45, 2.75) is 57.4 Å². The Morgan fingerprint density at radius 2 is 1.32 bits per heavy atom. The lowest BCUT2D eigenvalue weighted by molar-refractivity contribution is 0.135. The Morgan fingerprint density at radius 3 is 1.81 bits per heavy atom. The van der Waals surface area contributed by atoms with Gasteiger partial charge in [0.25, 0.3) is 8.32 Å². The molecule has 1 aliphatic carbocycles. The van der Waals surface area contributed by atoms with Crippen LogP contribution in [0.5, 0.6) is 0 Å². The van der Waals surface area contributed by atoms with Crippen molar-refractivity contribution in [3.8, 4) is 0 Å². The lowest BCUT2D eigenvalue weighted by Crippen LogP contribution is -2.67. The minimum absolute atomic E-state index is 0.0152. The van der Waals surface area contributed by atoms with Crippen LogP contribution in [0.3, 0.4) is 0 Å². The Labute approximate surface area is 224 Å². The number of rotatable bonds is 8. The van der Waals surface area contributed by atoms with E-state index < -0.39 is 18.2 Å². The summed E-state index contributed by atoms with van der Waals surface area (Å²) in [6, 6.07) is 30.1. The Hall–Kier alpha value is -2.47. The highest BCUT2D eigenvalue weighted by Crippen LogP contribution is 2.44. The van der Waals surface area contributed by atoms with Crippen LogP contribution in [0, 0.1) is 11.3 Å². The Kier molecular flexibility index (Phi) is 7.98. The van der Waals surface area contributed by atoms with E-state index in [1.807, 2.05) is 6.07 Å². The van der Waals surface area contributed by atoms with Crippen LogP contribution >= 0.6 is 0 Å². The summed E-state index contributed by atoms with van der Waals surface area (Å²) in [6.45, 7) is 11.9. The van der Waals surface area contributed by atoms with Gasteiger partial charge < -0.3 is 4.43 Å². The van der Waals surface area contributed by atoms with Gasteiger partial charge in [-0.3, -0.25) is 0 Å². The summed E-state index contributed by atoms with van der Waals surface area (Å²) >= 11 is 0. The molecule has 0 saturated heterocycles. The number of benzene rings is 3. The molecule has 0 N–H and O–H groups in total. The van der Waals surface area contributed by atoms with Crippen LogP contribution in [0.15, 0.2) is 108 Å². The van der Waals surface area contributed by atoms with Crippen LogP contribution in [0.25, 0.3) is 0 Å². The highest BCUT2D eigenvalue weighted by atomic mass is 32.2. The fraction of sp³-hybridized carbons (Fsp3) is 0.375. The third-order valence-electron chi connectivity index (χ3n) is 7.93. The zero-order chi connectivity index (χ0) is 26.7. The third-order valence-corrected chi connectivity index (χ3v) is 14.6. The maximum atomic E-state index is 13.4. The van der Waals surface area contributed by atoms with Gasteiger partial charge in [0.1, 0.15) is 0 Å². The average Bonchev–Trinajstić information content (AvgIpc) is 2.86. The van der Waals surface area contributed by atoms with E-state index in [0.717, 1.165) is 18.4 Å². The van der Waals surface area contributed by atoms with Crippen LogP contribution in [0.1, 0.15) is 47.5 Å². The van der Waals surface area contributed by atoms with Gasteiger partial charge in [0.2, 0.25) is 0 Å². The van der Waals surface area contributed by atoms with Crippen molar-refractivity contribution in [1.29, 1.82) is 0 Å². The predicted octanol–water partition coefficient (Wildman–Crippen LogP) is 6.40. The lowest BCUT2D eigenvalue weighted by atomic mass is 9.69. The van der Waals surface area contributed by atoms with E-state index in [4.69, 9.17) is 4.43 Å². The van der Waals surface area contributed by atoms with Crippen LogP contribution in [-0.4, -0.2) is 29.1 Å². The fourth-order valence-electron chi connectivity index (χ4n) is 5.84. The molecule has 0 fully saturated rings. The fourth-order valence-corrected chi connectivity index (χ4v) is 11.9. The molecule has 3 nitrogen and oxygen atoms in total. The number of hydrogen-bond donors (Lipinski definition) is 0. The molecule has 0 bridgehead atoms. The van der Waals surface area contributed by atoms with Gasteiger partial charge in [-0.15, -0.1) is 0 Å². The van der Waals surface area contributed by atoms with Gasteiger partial charge in [0.05, 0.1) is 10.6 Å². The van der Waals surface area contributed by atoms with Crippen molar-refractivity contribution in [2.24, 2.45) is 11.3 Å². The van der Waals surface area contributed by atoms with Crippen molar-refractivity contribution in [3.63, 3.8) is 0 Å². The molecule has 3 aromatic carbocycles. The van der Waals surface area contributed by atoms with Gasteiger partial charge in [-0.25, -0.2) is 8.42 Å². The van der Waals surface area contributed by atoms with Gasteiger partial charge >= 0.3 is 0 Å². The molecule has 3 aromatic rings. The van der Waals surface area contributed by atoms with E-state index >= 15 is 0 Å². The van der Waals surface area contributed by atoms with Crippen LogP contribution in [0.4, 0.5) is 0 Å². The first kappa shape index (κ1) is 27.6. The summed E-state index contributed by atoms with van der Waals surface area (Å²) in [5.74, 6) is 0.0521. The van der Waals surface area contributed by atoms with E-state index in [2.05, 4.69) is 101 Å². The first-order chi connectivity index (χ1) is 17.5. The standard InChI is InChI=1S/C32H40O3SSi/c1-31(2,3)37(28-19-11-7-12-20-28,29-21-13-8-14-22-29)35-24-30-26(16-15-23-32(30,4)5)25-36(33,34)27-17-9-6-10-18-27/h6-14,16-22,30H,15,23-25H2,1-5H3/t30-/m1/s1. The Balaban J connectivity index is 1.74. The Morgan fingerprint density at radius 1 is 0.838 bits per heavy atom. The van der Waals surface area contributed by atoms with E-state index in [0.29, 0.717) is 11.5 Å². The van der Waals surface area contributed by atoms with Crippen molar-refractivity contribution in [3.05, 3.63) is 103 Å². The van der Waals surface area contributed by atoms with Gasteiger partial charge in [-0.05, 0) is 45.8 Å². The largest absolute Gasteiger partial charge is 0.407 e. The molecule has 5 heteroatoms. The molecule has 0 radical (unpaired) electrons. The van der Waals surface area contributed by atoms with Gasteiger partial charge in [-0.2, -0.15) is 0 Å². The molecule has 0 amide bonds. The van der Waals surface area contributed by atoms with Gasteiger partial charge in [-0.1, -0.05) is 125 Å². The molecule has 1 atom stereocenters. The second kappa shape index (κ2) is 10.7. The minimum Gasteiger partial charge on any atom is -0.407 e. The molecule has 1 aliphatic rings. The van der Waals surface area contributed by atoms with E-state index in [-0.39, 0.29) is 22.1 Å². The summed E-state index contributed by atoms with van der Waals surface area (Å²) in [7, 11) is -6.17. The lowest BCUT2D eigenvalue weighted by Gasteiger charge is -2.46. The molecule has 0 saturated carbocycles. The molecule has 4 rings (SSSR count). The smallest absolute Gasteiger partial charge is 0.261 e. The quantitative estimate of drug-likeness (QED) is 0.249. The second-order valence-electron chi connectivity index (χ2n) is 11.9. The highest BCUT2D eigenvalue weighted by Gasteiger charge is 2.51. The Bertz CT molecular complexity index is 1270. The minimum atomic E-state index is -3.44. The van der Waals surface area contributed by atoms with Crippen molar-refractivity contribution in [1.82, 2.24) is 0 Å². The molecular formula is C32H40O3SSi. The number of sulfone groups is 1. The summed E-state index contributed by atoms with van der Waals surface area (Å²) in [6.07, 6.45) is 4.06. The van der Waals surface area contributed by atoms with E-state index in [1.54, 1.807) is 24.3 Å². The monoisotopic (exact) mass is 532 g/mol. The molecule has 0 spiro atoms. The van der Waals surface area contributed by atoms with Crippen LogP contribution < -0.4 is 10.4 Å². The van der Waals surface area contributed by atoms with Crippen molar-refractivity contribution in [2.75, 3.05) is 12.4 Å². The van der Waals surface area contributed by atoms with Crippen LogP contribution in [0.2, 0.25) is 5.04 Å². The molecular weight excluding hydrogens is 493 g/mol. The third kappa shape index (κ3) is 5.69. The topological polar surface area (TPSA) is 43.4 Å². The molecule has 196 valence electrons. The average molecular weight is 533 g/mol.